The maximum absolute atomic E-state index is 13.4. The summed E-state index contributed by atoms with van der Waals surface area (Å²) in [6.45, 7) is 0.142. The van der Waals surface area contributed by atoms with Crippen LogP contribution in [0.4, 0.5) is 5.69 Å². The summed E-state index contributed by atoms with van der Waals surface area (Å²) in [5, 5.41) is 16.0. The van der Waals surface area contributed by atoms with Gasteiger partial charge in [0.1, 0.15) is 21.9 Å². The van der Waals surface area contributed by atoms with Gasteiger partial charge < -0.3 is 10.4 Å². The largest absolute Gasteiger partial charge is 0.506 e. The highest BCUT2D eigenvalue weighted by molar-refractivity contribution is 8.23. The molecule has 9 nitrogen and oxygen atoms in total. The molecule has 0 fully saturated rings. The average molecular weight is 441 g/mol. The molecule has 1 aliphatic rings. The Balaban J connectivity index is 1.76. The fourth-order valence-corrected chi connectivity index (χ4v) is 5.06. The van der Waals surface area contributed by atoms with Crippen LogP contribution in [0.3, 0.4) is 0 Å². The lowest BCUT2D eigenvalue weighted by Gasteiger charge is -2.34. The Morgan fingerprint density at radius 3 is 2.77 bits per heavy atom. The lowest BCUT2D eigenvalue weighted by Crippen LogP contribution is -2.32. The number of hydrogen-bond acceptors (Lipinski definition) is 9. The number of thiazole rings is 1. The van der Waals surface area contributed by atoms with Crippen LogP contribution in [0.5, 0.6) is 5.75 Å². The Hall–Kier alpha value is -3.25. The monoisotopic (exact) mass is 441 g/mol. The molecule has 0 saturated carbocycles. The summed E-state index contributed by atoms with van der Waals surface area (Å²) < 4.78 is 26.4. The third-order valence-corrected chi connectivity index (χ3v) is 6.71. The molecule has 0 spiro atoms. The number of benzene rings is 1. The van der Waals surface area contributed by atoms with Crippen molar-refractivity contribution in [1.29, 1.82) is 0 Å². The van der Waals surface area contributed by atoms with Gasteiger partial charge in [0.2, 0.25) is 0 Å². The first kappa shape index (κ1) is 18.8. The van der Waals surface area contributed by atoms with E-state index in [0.717, 1.165) is 0 Å². The zero-order valence-electron chi connectivity index (χ0n) is 15.3. The third-order valence-electron chi connectivity index (χ3n) is 4.69. The summed E-state index contributed by atoms with van der Waals surface area (Å²) in [6.07, 6.45) is 1.53. The molecule has 11 heteroatoms. The molecule has 5 rings (SSSR count). The highest BCUT2D eigenvalue weighted by Crippen LogP contribution is 2.55. The normalized spacial score (nSPS) is 15.9. The fourth-order valence-electron chi connectivity index (χ4n) is 3.35. The van der Waals surface area contributed by atoms with Crippen molar-refractivity contribution in [1.82, 2.24) is 14.5 Å². The molecular formula is C19H15N5O4S2. The van der Waals surface area contributed by atoms with E-state index in [4.69, 9.17) is 0 Å². The second-order valence-electron chi connectivity index (χ2n) is 6.55. The lowest BCUT2D eigenvalue weighted by molar-refractivity contribution is 0.477. The number of amidine groups is 1. The maximum Gasteiger partial charge on any atom is 0.267 e. The predicted molar refractivity (Wildman–Crippen MR) is 117 cm³/mol. The summed E-state index contributed by atoms with van der Waals surface area (Å²) in [4.78, 5) is 22.1. The van der Waals surface area contributed by atoms with E-state index in [1.54, 1.807) is 41.9 Å². The number of para-hydroxylation sites is 1. The number of nitrogens with one attached hydrogen (secondary N) is 1. The third kappa shape index (κ3) is 2.95. The van der Waals surface area contributed by atoms with Crippen molar-refractivity contribution in [2.45, 2.75) is 11.4 Å². The predicted octanol–water partition coefficient (Wildman–Crippen LogP) is 3.50. The number of rotatable bonds is 3. The minimum Gasteiger partial charge on any atom is -0.506 e. The van der Waals surface area contributed by atoms with E-state index >= 15 is 0 Å². The minimum absolute atomic E-state index is 0.117. The van der Waals surface area contributed by atoms with E-state index in [-0.39, 0.29) is 28.6 Å². The van der Waals surface area contributed by atoms with Gasteiger partial charge in [0, 0.05) is 11.6 Å². The Morgan fingerprint density at radius 1 is 1.13 bits per heavy atom. The van der Waals surface area contributed by atoms with Crippen molar-refractivity contribution in [2.75, 3.05) is 5.32 Å². The molecule has 0 aliphatic carbocycles. The Labute approximate surface area is 175 Å². The second-order valence-corrected chi connectivity index (χ2v) is 8.93. The highest BCUT2D eigenvalue weighted by Gasteiger charge is 2.30. The van der Waals surface area contributed by atoms with Crippen LogP contribution >= 0.6 is 22.1 Å². The van der Waals surface area contributed by atoms with Crippen LogP contribution in [0.2, 0.25) is 0 Å². The van der Waals surface area contributed by atoms with Crippen LogP contribution < -0.4 is 10.9 Å². The molecular weight excluding hydrogens is 426 g/mol. The average Bonchev–Trinajstić information content (AvgIpc) is 3.24. The van der Waals surface area contributed by atoms with Crippen molar-refractivity contribution in [2.24, 2.45) is 4.40 Å². The number of aromatic hydroxyl groups is 1. The molecule has 1 aliphatic heterocycles. The van der Waals surface area contributed by atoms with Gasteiger partial charge in [-0.3, -0.25) is 18.5 Å². The van der Waals surface area contributed by atoms with Gasteiger partial charge in [-0.1, -0.05) is 22.9 Å². The van der Waals surface area contributed by atoms with E-state index in [1.807, 2.05) is 5.38 Å². The molecule has 4 heterocycles. The molecule has 0 radical (unpaired) electrons. The molecule has 0 amide bonds. The van der Waals surface area contributed by atoms with Crippen LogP contribution in [0.1, 0.15) is 11.3 Å². The first-order valence-corrected chi connectivity index (χ1v) is 11.2. The lowest BCUT2D eigenvalue weighted by atomic mass is 10.1. The quantitative estimate of drug-likeness (QED) is 0.382. The summed E-state index contributed by atoms with van der Waals surface area (Å²) in [7, 11) is -3.55. The van der Waals surface area contributed by atoms with Gasteiger partial charge in [0.05, 0.1) is 28.8 Å². The maximum atomic E-state index is 13.4. The zero-order valence-corrected chi connectivity index (χ0v) is 16.9. The standard InChI is InChI=1S/C19H15N5O4S2/c25-16-12-4-3-7-20-18(12)24(8-11-9-29-10-21-11)19(26)15(16)17-22-13-5-1-2-6-14(13)30(27,28)23-17/h1-7,9-10,25,27-28H,8H2,(H,22,23). The van der Waals surface area contributed by atoms with E-state index in [9.17, 15) is 19.0 Å². The number of anilines is 1. The van der Waals surface area contributed by atoms with E-state index < -0.39 is 16.3 Å². The molecule has 4 N–H and O–H groups in total. The van der Waals surface area contributed by atoms with Gasteiger partial charge in [-0.2, -0.15) is 0 Å². The molecule has 3 aromatic heterocycles. The molecule has 0 saturated heterocycles. The fraction of sp³-hybridized carbons (Fsp3) is 0.0526. The molecule has 30 heavy (non-hydrogen) atoms. The Morgan fingerprint density at radius 2 is 1.97 bits per heavy atom. The van der Waals surface area contributed by atoms with Gasteiger partial charge in [-0.25, -0.2) is 9.97 Å². The van der Waals surface area contributed by atoms with E-state index in [0.29, 0.717) is 22.4 Å². The molecule has 4 aromatic rings. The van der Waals surface area contributed by atoms with Crippen molar-refractivity contribution < 1.29 is 14.2 Å². The molecule has 1 aromatic carbocycles. The summed E-state index contributed by atoms with van der Waals surface area (Å²) >= 11 is 1.40. The molecule has 0 bridgehead atoms. The van der Waals surface area contributed by atoms with Crippen molar-refractivity contribution in [3.63, 3.8) is 0 Å². The number of pyridine rings is 2. The van der Waals surface area contributed by atoms with Gasteiger partial charge in [0.25, 0.3) is 5.56 Å². The topological polar surface area (TPSA) is 133 Å². The number of aromatic nitrogens is 3. The number of hydrogen-bond donors (Lipinski definition) is 4. The minimum atomic E-state index is -3.55. The molecule has 152 valence electrons. The highest BCUT2D eigenvalue weighted by atomic mass is 32.3. The number of fused-ring (bicyclic) bond motifs is 2. The van der Waals surface area contributed by atoms with Crippen molar-refractivity contribution in [3.05, 3.63) is 75.1 Å². The molecule has 0 unspecified atom stereocenters. The summed E-state index contributed by atoms with van der Waals surface area (Å²) in [6, 6.07) is 9.84. The molecule has 0 atom stereocenters. The van der Waals surface area contributed by atoms with Gasteiger partial charge in [-0.05, 0) is 24.3 Å². The smallest absolute Gasteiger partial charge is 0.267 e. The van der Waals surface area contributed by atoms with Crippen LogP contribution in [0, 0.1) is 0 Å². The second kappa shape index (κ2) is 6.92. The Bertz CT molecular complexity index is 1370. The van der Waals surface area contributed by atoms with Gasteiger partial charge in [0.15, 0.2) is 5.84 Å². The number of nitrogens with zero attached hydrogens (tertiary/aromatic N) is 4. The van der Waals surface area contributed by atoms with Crippen molar-refractivity contribution in [3.8, 4) is 5.75 Å². The van der Waals surface area contributed by atoms with E-state index in [2.05, 4.69) is 19.7 Å². The van der Waals surface area contributed by atoms with Crippen LogP contribution in [-0.4, -0.2) is 34.6 Å². The Kier molecular flexibility index (Phi) is 4.33. The van der Waals surface area contributed by atoms with Crippen LogP contribution in [-0.2, 0) is 6.54 Å². The van der Waals surface area contributed by atoms with Gasteiger partial charge >= 0.3 is 0 Å². The summed E-state index contributed by atoms with van der Waals surface area (Å²) in [5.74, 6) is -0.451. The first-order chi connectivity index (χ1) is 14.5. The van der Waals surface area contributed by atoms with Gasteiger partial charge in [-0.15, -0.1) is 15.7 Å². The van der Waals surface area contributed by atoms with Crippen molar-refractivity contribution >= 4 is 44.7 Å². The SMILES string of the molecule is O=c1c(C2=NS(O)(O)c3ccccc3N2)c(O)c2cccnc2n1Cc1cscn1. The zero-order chi connectivity index (χ0) is 20.9. The van der Waals surface area contributed by atoms with E-state index in [1.165, 1.54) is 22.1 Å². The first-order valence-electron chi connectivity index (χ1n) is 8.78. The van der Waals surface area contributed by atoms with Crippen LogP contribution in [0.25, 0.3) is 11.0 Å². The summed E-state index contributed by atoms with van der Waals surface area (Å²) in [5.41, 5.74) is 2.28. The van der Waals surface area contributed by atoms with Crippen LogP contribution in [0.15, 0.2) is 67.6 Å².